The first-order chi connectivity index (χ1) is 8.42. The van der Waals surface area contributed by atoms with Crippen molar-refractivity contribution in [1.29, 1.82) is 0 Å². The fourth-order valence-electron chi connectivity index (χ4n) is 1.96. The van der Waals surface area contributed by atoms with E-state index in [1.807, 2.05) is 20.8 Å². The van der Waals surface area contributed by atoms with E-state index in [0.29, 0.717) is 12.6 Å². The Balaban J connectivity index is 2.22. The molecule has 0 spiro atoms. The first-order valence-electron chi connectivity index (χ1n) is 6.74. The highest BCUT2D eigenvalue weighted by Crippen LogP contribution is 2.15. The van der Waals surface area contributed by atoms with Gasteiger partial charge in [0.25, 0.3) is 0 Å². The Kier molecular flexibility index (Phi) is 5.88. The summed E-state index contributed by atoms with van der Waals surface area (Å²) >= 11 is 0. The minimum atomic E-state index is -0.427. The minimum absolute atomic E-state index is 0.220. The van der Waals surface area contributed by atoms with Gasteiger partial charge in [-0.25, -0.2) is 4.79 Å². The van der Waals surface area contributed by atoms with E-state index in [4.69, 9.17) is 9.84 Å². The molecule has 1 atom stereocenters. The van der Waals surface area contributed by atoms with Crippen molar-refractivity contribution in [2.24, 2.45) is 0 Å². The van der Waals surface area contributed by atoms with Crippen LogP contribution in [0.3, 0.4) is 0 Å². The summed E-state index contributed by atoms with van der Waals surface area (Å²) in [5.74, 6) is 0. The van der Waals surface area contributed by atoms with Crippen molar-refractivity contribution in [1.82, 2.24) is 10.2 Å². The first kappa shape index (κ1) is 15.2. The Morgan fingerprint density at radius 3 is 2.78 bits per heavy atom. The van der Waals surface area contributed by atoms with Gasteiger partial charge >= 0.3 is 6.09 Å². The van der Waals surface area contributed by atoms with E-state index in [0.717, 1.165) is 32.4 Å². The summed E-state index contributed by atoms with van der Waals surface area (Å²) in [6.45, 7) is 8.26. The van der Waals surface area contributed by atoms with Crippen LogP contribution in [0.25, 0.3) is 0 Å². The molecule has 1 aliphatic heterocycles. The zero-order valence-electron chi connectivity index (χ0n) is 11.7. The molecular weight excluding hydrogens is 232 g/mol. The van der Waals surface area contributed by atoms with Crippen molar-refractivity contribution in [3.63, 3.8) is 0 Å². The average molecular weight is 258 g/mol. The smallest absolute Gasteiger partial charge is 0.410 e. The number of carbonyl (C=O) groups is 1. The SMILES string of the molecule is CC(C)(C)OC(=O)N1CCC(NCCCCO)C1. The molecule has 5 nitrogen and oxygen atoms in total. The fraction of sp³-hybridized carbons (Fsp3) is 0.923. The molecule has 1 fully saturated rings. The van der Waals surface area contributed by atoms with E-state index in [1.54, 1.807) is 4.90 Å². The van der Waals surface area contributed by atoms with Gasteiger partial charge in [0.1, 0.15) is 5.60 Å². The van der Waals surface area contributed by atoms with Crippen molar-refractivity contribution in [3.8, 4) is 0 Å². The van der Waals surface area contributed by atoms with Crippen LogP contribution < -0.4 is 5.32 Å². The van der Waals surface area contributed by atoms with Gasteiger partial charge in [0.15, 0.2) is 0 Å². The lowest BCUT2D eigenvalue weighted by Crippen LogP contribution is -2.38. The number of nitrogens with zero attached hydrogens (tertiary/aromatic N) is 1. The topological polar surface area (TPSA) is 61.8 Å². The highest BCUT2D eigenvalue weighted by Gasteiger charge is 2.29. The molecule has 0 aliphatic carbocycles. The van der Waals surface area contributed by atoms with Crippen molar-refractivity contribution < 1.29 is 14.6 Å². The summed E-state index contributed by atoms with van der Waals surface area (Å²) in [7, 11) is 0. The fourth-order valence-corrected chi connectivity index (χ4v) is 1.96. The number of hydrogen-bond acceptors (Lipinski definition) is 4. The van der Waals surface area contributed by atoms with Gasteiger partial charge in [-0.2, -0.15) is 0 Å². The molecule has 5 heteroatoms. The molecular formula is C13H26N2O3. The Hall–Kier alpha value is -0.810. The van der Waals surface area contributed by atoms with Gasteiger partial charge < -0.3 is 20.1 Å². The maximum atomic E-state index is 11.8. The normalized spacial score (nSPS) is 20.2. The van der Waals surface area contributed by atoms with Gasteiger partial charge in [-0.1, -0.05) is 0 Å². The summed E-state index contributed by atoms with van der Waals surface area (Å²) < 4.78 is 5.34. The summed E-state index contributed by atoms with van der Waals surface area (Å²) in [6.07, 6.45) is 2.55. The van der Waals surface area contributed by atoms with Gasteiger partial charge in [-0.05, 0) is 46.6 Å². The summed E-state index contributed by atoms with van der Waals surface area (Å²) in [5, 5.41) is 12.1. The van der Waals surface area contributed by atoms with Crippen LogP contribution in [0, 0.1) is 0 Å². The maximum absolute atomic E-state index is 11.8. The molecule has 1 heterocycles. The number of aliphatic hydroxyl groups is 1. The standard InChI is InChI=1S/C13H26N2O3/c1-13(2,3)18-12(17)15-8-6-11(10-15)14-7-4-5-9-16/h11,14,16H,4-10H2,1-3H3. The number of rotatable bonds is 5. The number of unbranched alkanes of at least 4 members (excludes halogenated alkanes) is 1. The van der Waals surface area contributed by atoms with E-state index in [9.17, 15) is 4.79 Å². The number of amides is 1. The predicted octanol–water partition coefficient (Wildman–Crippen LogP) is 1.36. The number of nitrogens with one attached hydrogen (secondary N) is 1. The highest BCUT2D eigenvalue weighted by molar-refractivity contribution is 5.68. The zero-order valence-corrected chi connectivity index (χ0v) is 11.7. The van der Waals surface area contributed by atoms with Crippen LogP contribution in [0.1, 0.15) is 40.0 Å². The Labute approximate surface area is 109 Å². The van der Waals surface area contributed by atoms with Gasteiger partial charge in [0.05, 0.1) is 0 Å². The van der Waals surface area contributed by atoms with Crippen LogP contribution in [0.15, 0.2) is 0 Å². The third-order valence-electron chi connectivity index (χ3n) is 2.86. The average Bonchev–Trinajstić information content (AvgIpc) is 2.71. The molecule has 0 bridgehead atoms. The van der Waals surface area contributed by atoms with Gasteiger partial charge in [0.2, 0.25) is 0 Å². The zero-order chi connectivity index (χ0) is 13.6. The molecule has 0 aromatic rings. The van der Waals surface area contributed by atoms with Crippen molar-refractivity contribution in [3.05, 3.63) is 0 Å². The molecule has 2 N–H and O–H groups in total. The van der Waals surface area contributed by atoms with E-state index >= 15 is 0 Å². The molecule has 0 radical (unpaired) electrons. The van der Waals surface area contributed by atoms with Crippen molar-refractivity contribution >= 4 is 6.09 Å². The third kappa shape index (κ3) is 5.69. The minimum Gasteiger partial charge on any atom is -0.444 e. The van der Waals surface area contributed by atoms with Gasteiger partial charge in [-0.3, -0.25) is 0 Å². The monoisotopic (exact) mass is 258 g/mol. The predicted molar refractivity (Wildman–Crippen MR) is 70.5 cm³/mol. The van der Waals surface area contributed by atoms with Crippen molar-refractivity contribution in [2.45, 2.75) is 51.7 Å². The second-order valence-electron chi connectivity index (χ2n) is 5.80. The van der Waals surface area contributed by atoms with Crippen LogP contribution in [-0.4, -0.2) is 54.0 Å². The molecule has 0 saturated carbocycles. The first-order valence-corrected chi connectivity index (χ1v) is 6.74. The Morgan fingerprint density at radius 1 is 1.44 bits per heavy atom. The van der Waals surface area contributed by atoms with Gasteiger partial charge in [0, 0.05) is 25.7 Å². The van der Waals surface area contributed by atoms with Crippen LogP contribution in [0.4, 0.5) is 4.79 Å². The summed E-state index contributed by atoms with van der Waals surface area (Å²) in [4.78, 5) is 13.6. The van der Waals surface area contributed by atoms with Crippen LogP contribution in [0.5, 0.6) is 0 Å². The number of likely N-dealkylation sites (tertiary alicyclic amines) is 1. The summed E-state index contributed by atoms with van der Waals surface area (Å²) in [6, 6.07) is 0.358. The quantitative estimate of drug-likeness (QED) is 0.731. The maximum Gasteiger partial charge on any atom is 0.410 e. The lowest BCUT2D eigenvalue weighted by molar-refractivity contribution is 0.0291. The van der Waals surface area contributed by atoms with Crippen molar-refractivity contribution in [2.75, 3.05) is 26.2 Å². The summed E-state index contributed by atoms with van der Waals surface area (Å²) in [5.41, 5.74) is -0.427. The second-order valence-corrected chi connectivity index (χ2v) is 5.80. The highest BCUT2D eigenvalue weighted by atomic mass is 16.6. The van der Waals surface area contributed by atoms with E-state index in [2.05, 4.69) is 5.32 Å². The molecule has 1 aliphatic rings. The number of aliphatic hydroxyl groups excluding tert-OH is 1. The molecule has 18 heavy (non-hydrogen) atoms. The van der Waals surface area contributed by atoms with E-state index in [1.165, 1.54) is 0 Å². The van der Waals surface area contributed by atoms with E-state index < -0.39 is 5.60 Å². The number of carbonyl (C=O) groups excluding carboxylic acids is 1. The molecule has 106 valence electrons. The third-order valence-corrected chi connectivity index (χ3v) is 2.86. The van der Waals surface area contributed by atoms with Crippen LogP contribution in [0.2, 0.25) is 0 Å². The Morgan fingerprint density at radius 2 is 2.17 bits per heavy atom. The molecule has 0 aromatic heterocycles. The molecule has 1 rings (SSSR count). The van der Waals surface area contributed by atoms with Crippen LogP contribution in [-0.2, 0) is 4.74 Å². The lowest BCUT2D eigenvalue weighted by Gasteiger charge is -2.24. The largest absolute Gasteiger partial charge is 0.444 e. The Bertz CT molecular complexity index is 263. The molecule has 0 aromatic carbocycles. The van der Waals surface area contributed by atoms with Crippen LogP contribution >= 0.6 is 0 Å². The second kappa shape index (κ2) is 6.95. The van der Waals surface area contributed by atoms with E-state index in [-0.39, 0.29) is 12.7 Å². The molecule has 1 amide bonds. The number of ether oxygens (including phenoxy) is 1. The lowest BCUT2D eigenvalue weighted by atomic mass is 10.2. The van der Waals surface area contributed by atoms with Gasteiger partial charge in [-0.15, -0.1) is 0 Å². The molecule has 1 saturated heterocycles. The number of hydrogen-bond donors (Lipinski definition) is 2. The molecule has 1 unspecified atom stereocenters.